The van der Waals surface area contributed by atoms with Crippen molar-refractivity contribution < 1.29 is 9.53 Å². The standard InChI is InChI=1S/C11H15BrN2O2.ClH/c1-8(7-14-11(15)6-13)16-10-5-3-2-4-9(10)12;/h2-5,8H,6-7,13H2,1H3,(H,14,15);1H. The minimum absolute atomic E-state index is 0. The zero-order valence-electron chi connectivity index (χ0n) is 9.48. The van der Waals surface area contributed by atoms with Gasteiger partial charge in [0, 0.05) is 0 Å². The molecule has 0 radical (unpaired) electrons. The van der Waals surface area contributed by atoms with E-state index in [9.17, 15) is 4.79 Å². The van der Waals surface area contributed by atoms with Crippen molar-refractivity contribution in [3.8, 4) is 5.75 Å². The first kappa shape index (κ1) is 16.2. The van der Waals surface area contributed by atoms with Gasteiger partial charge in [-0.1, -0.05) is 12.1 Å². The van der Waals surface area contributed by atoms with Crippen LogP contribution < -0.4 is 15.8 Å². The molecular formula is C11H16BrClN2O2. The van der Waals surface area contributed by atoms with Gasteiger partial charge in [-0.15, -0.1) is 12.4 Å². The van der Waals surface area contributed by atoms with Gasteiger partial charge in [0.2, 0.25) is 5.91 Å². The van der Waals surface area contributed by atoms with Crippen LogP contribution in [0, 0.1) is 0 Å². The van der Waals surface area contributed by atoms with E-state index in [0.29, 0.717) is 6.54 Å². The Balaban J connectivity index is 0.00000256. The second-order valence-corrected chi connectivity index (χ2v) is 4.22. The first-order valence-electron chi connectivity index (χ1n) is 5.01. The fourth-order valence-electron chi connectivity index (χ4n) is 1.13. The van der Waals surface area contributed by atoms with E-state index in [2.05, 4.69) is 21.2 Å². The van der Waals surface area contributed by atoms with Gasteiger partial charge in [-0.25, -0.2) is 0 Å². The molecule has 0 aliphatic heterocycles. The summed E-state index contributed by atoms with van der Waals surface area (Å²) in [5.41, 5.74) is 5.17. The van der Waals surface area contributed by atoms with E-state index >= 15 is 0 Å². The highest BCUT2D eigenvalue weighted by molar-refractivity contribution is 9.10. The van der Waals surface area contributed by atoms with Crippen molar-refractivity contribution >= 4 is 34.2 Å². The molecule has 0 heterocycles. The molecule has 17 heavy (non-hydrogen) atoms. The summed E-state index contributed by atoms with van der Waals surface area (Å²) in [5.74, 6) is 0.583. The Morgan fingerprint density at radius 2 is 2.18 bits per heavy atom. The van der Waals surface area contributed by atoms with Crippen LogP contribution in [0.15, 0.2) is 28.7 Å². The maximum atomic E-state index is 10.9. The number of para-hydroxylation sites is 1. The minimum Gasteiger partial charge on any atom is -0.488 e. The fraction of sp³-hybridized carbons (Fsp3) is 0.364. The van der Waals surface area contributed by atoms with Crippen molar-refractivity contribution in [1.82, 2.24) is 5.32 Å². The number of hydrogen-bond donors (Lipinski definition) is 2. The third-order valence-corrected chi connectivity index (χ3v) is 2.59. The number of nitrogens with two attached hydrogens (primary N) is 1. The zero-order chi connectivity index (χ0) is 12.0. The van der Waals surface area contributed by atoms with Crippen molar-refractivity contribution in [3.63, 3.8) is 0 Å². The summed E-state index contributed by atoms with van der Waals surface area (Å²) < 4.78 is 6.53. The summed E-state index contributed by atoms with van der Waals surface area (Å²) >= 11 is 3.39. The van der Waals surface area contributed by atoms with Gasteiger partial charge >= 0.3 is 0 Å². The molecule has 0 aromatic heterocycles. The number of ether oxygens (including phenoxy) is 1. The van der Waals surface area contributed by atoms with Gasteiger partial charge in [0.15, 0.2) is 0 Å². The highest BCUT2D eigenvalue weighted by atomic mass is 79.9. The van der Waals surface area contributed by atoms with Gasteiger partial charge in [-0.05, 0) is 35.0 Å². The molecule has 0 aliphatic rings. The SMILES string of the molecule is CC(CNC(=O)CN)Oc1ccccc1Br.Cl. The van der Waals surface area contributed by atoms with Crippen LogP contribution >= 0.6 is 28.3 Å². The van der Waals surface area contributed by atoms with E-state index in [1.807, 2.05) is 31.2 Å². The van der Waals surface area contributed by atoms with Gasteiger partial charge in [0.25, 0.3) is 0 Å². The molecule has 4 nitrogen and oxygen atoms in total. The Morgan fingerprint density at radius 1 is 1.53 bits per heavy atom. The molecule has 0 bridgehead atoms. The lowest BCUT2D eigenvalue weighted by Crippen LogP contribution is -2.37. The number of nitrogens with one attached hydrogen (secondary N) is 1. The van der Waals surface area contributed by atoms with Crippen molar-refractivity contribution in [3.05, 3.63) is 28.7 Å². The van der Waals surface area contributed by atoms with Gasteiger partial charge in [0.05, 0.1) is 17.6 Å². The topological polar surface area (TPSA) is 64.4 Å². The Hall–Kier alpha value is -0.780. The largest absolute Gasteiger partial charge is 0.488 e. The number of amides is 1. The van der Waals surface area contributed by atoms with Crippen LogP contribution in [-0.2, 0) is 4.79 Å². The minimum atomic E-state index is -0.178. The fourth-order valence-corrected chi connectivity index (χ4v) is 1.51. The van der Waals surface area contributed by atoms with Crippen molar-refractivity contribution in [2.75, 3.05) is 13.1 Å². The number of hydrogen-bond acceptors (Lipinski definition) is 3. The quantitative estimate of drug-likeness (QED) is 0.867. The normalized spacial score (nSPS) is 11.2. The van der Waals surface area contributed by atoms with Crippen LogP contribution in [0.2, 0.25) is 0 Å². The van der Waals surface area contributed by atoms with Crippen LogP contribution in [-0.4, -0.2) is 25.1 Å². The van der Waals surface area contributed by atoms with E-state index in [1.54, 1.807) is 0 Å². The number of halogens is 2. The molecule has 1 atom stereocenters. The summed E-state index contributed by atoms with van der Waals surface area (Å²) in [4.78, 5) is 10.9. The summed E-state index contributed by atoms with van der Waals surface area (Å²) in [5, 5.41) is 2.67. The lowest BCUT2D eigenvalue weighted by Gasteiger charge is -2.16. The molecule has 1 unspecified atom stereocenters. The van der Waals surface area contributed by atoms with E-state index in [-0.39, 0.29) is 31.0 Å². The molecule has 0 aliphatic carbocycles. The van der Waals surface area contributed by atoms with Crippen molar-refractivity contribution in [1.29, 1.82) is 0 Å². The van der Waals surface area contributed by atoms with Gasteiger partial charge in [-0.2, -0.15) is 0 Å². The second-order valence-electron chi connectivity index (χ2n) is 3.37. The lowest BCUT2D eigenvalue weighted by molar-refractivity contribution is -0.120. The van der Waals surface area contributed by atoms with Crippen LogP contribution in [0.1, 0.15) is 6.92 Å². The summed E-state index contributed by atoms with van der Waals surface area (Å²) in [6.45, 7) is 2.33. The zero-order valence-corrected chi connectivity index (χ0v) is 11.9. The molecule has 1 aromatic carbocycles. The molecule has 1 aromatic rings. The molecule has 96 valence electrons. The van der Waals surface area contributed by atoms with Gasteiger partial charge in [0.1, 0.15) is 11.9 Å². The van der Waals surface area contributed by atoms with Crippen LogP contribution in [0.25, 0.3) is 0 Å². The second kappa shape index (κ2) is 8.33. The van der Waals surface area contributed by atoms with Crippen molar-refractivity contribution in [2.45, 2.75) is 13.0 Å². The molecular weight excluding hydrogens is 307 g/mol. The predicted molar refractivity (Wildman–Crippen MR) is 73.5 cm³/mol. The van der Waals surface area contributed by atoms with Crippen LogP contribution in [0.4, 0.5) is 0 Å². The van der Waals surface area contributed by atoms with Gasteiger partial charge in [-0.3, -0.25) is 4.79 Å². The van der Waals surface area contributed by atoms with E-state index < -0.39 is 0 Å². The highest BCUT2D eigenvalue weighted by Gasteiger charge is 2.07. The molecule has 0 saturated carbocycles. The maximum Gasteiger partial charge on any atom is 0.233 e. The molecule has 0 spiro atoms. The van der Waals surface area contributed by atoms with Gasteiger partial charge < -0.3 is 15.8 Å². The molecule has 0 fully saturated rings. The lowest BCUT2D eigenvalue weighted by atomic mass is 10.3. The molecule has 1 rings (SSSR count). The predicted octanol–water partition coefficient (Wildman–Crippen LogP) is 1.71. The number of benzene rings is 1. The number of rotatable bonds is 5. The summed E-state index contributed by atoms with van der Waals surface area (Å²) in [7, 11) is 0. The van der Waals surface area contributed by atoms with Crippen LogP contribution in [0.3, 0.4) is 0 Å². The Bertz CT molecular complexity index is 363. The molecule has 6 heteroatoms. The first-order valence-corrected chi connectivity index (χ1v) is 5.80. The molecule has 3 N–H and O–H groups in total. The number of carbonyl (C=O) groups is 1. The van der Waals surface area contributed by atoms with Crippen LogP contribution in [0.5, 0.6) is 5.75 Å². The third kappa shape index (κ3) is 5.91. The third-order valence-electron chi connectivity index (χ3n) is 1.94. The maximum absolute atomic E-state index is 10.9. The van der Waals surface area contributed by atoms with E-state index in [1.165, 1.54) is 0 Å². The van der Waals surface area contributed by atoms with Crippen molar-refractivity contribution in [2.24, 2.45) is 5.73 Å². The Labute approximate surface area is 115 Å². The summed E-state index contributed by atoms with van der Waals surface area (Å²) in [6, 6.07) is 7.58. The smallest absolute Gasteiger partial charge is 0.233 e. The van der Waals surface area contributed by atoms with E-state index in [0.717, 1.165) is 10.2 Å². The Morgan fingerprint density at radius 3 is 2.76 bits per heavy atom. The molecule has 1 amide bonds. The number of carbonyl (C=O) groups excluding carboxylic acids is 1. The first-order chi connectivity index (χ1) is 7.63. The average Bonchev–Trinajstić information content (AvgIpc) is 2.29. The highest BCUT2D eigenvalue weighted by Crippen LogP contribution is 2.24. The van der Waals surface area contributed by atoms with E-state index in [4.69, 9.17) is 10.5 Å². The average molecular weight is 324 g/mol. The Kier molecular flexibility index (Phi) is 7.95. The summed E-state index contributed by atoms with van der Waals surface area (Å²) in [6.07, 6.45) is -0.103. The molecule has 0 saturated heterocycles. The monoisotopic (exact) mass is 322 g/mol.